The second kappa shape index (κ2) is 7.09. The molecule has 7 heteroatoms. The topological polar surface area (TPSA) is 71.7 Å². The molecule has 1 aromatic heterocycles. The number of carbonyl (C=O) groups excluding carboxylic acids is 1. The molecule has 0 aromatic carbocycles. The van der Waals surface area contributed by atoms with E-state index in [1.54, 1.807) is 11.9 Å². The summed E-state index contributed by atoms with van der Waals surface area (Å²) in [5.41, 5.74) is 5.90. The van der Waals surface area contributed by atoms with E-state index in [0.29, 0.717) is 17.2 Å². The second-order valence-electron chi connectivity index (χ2n) is 5.40. The molecule has 1 unspecified atom stereocenters. The molecule has 1 atom stereocenters. The predicted octanol–water partition coefficient (Wildman–Crippen LogP) is 1.82. The first-order valence-electron chi connectivity index (χ1n) is 7.37. The SMILES string of the molecule is CCN(C)c1nc(N)c(C(=O)N(C)CC2CCCCO2)s1. The molecule has 21 heavy (non-hydrogen) atoms. The lowest BCUT2D eigenvalue weighted by Crippen LogP contribution is -2.37. The van der Waals surface area contributed by atoms with Crippen LogP contribution in [0, 0.1) is 0 Å². The third-order valence-corrected chi connectivity index (χ3v) is 4.91. The Kier molecular flexibility index (Phi) is 5.41. The molecule has 1 aromatic rings. The molecule has 0 spiro atoms. The molecule has 118 valence electrons. The highest BCUT2D eigenvalue weighted by atomic mass is 32.1. The van der Waals surface area contributed by atoms with E-state index in [4.69, 9.17) is 10.5 Å². The van der Waals surface area contributed by atoms with Gasteiger partial charge in [0, 0.05) is 33.8 Å². The summed E-state index contributed by atoms with van der Waals surface area (Å²) in [6.07, 6.45) is 3.43. The fourth-order valence-corrected chi connectivity index (χ4v) is 3.29. The van der Waals surface area contributed by atoms with Gasteiger partial charge < -0.3 is 20.3 Å². The van der Waals surface area contributed by atoms with Gasteiger partial charge in [-0.1, -0.05) is 11.3 Å². The van der Waals surface area contributed by atoms with E-state index in [9.17, 15) is 4.79 Å². The first-order valence-corrected chi connectivity index (χ1v) is 8.19. The Morgan fingerprint density at radius 2 is 2.24 bits per heavy atom. The van der Waals surface area contributed by atoms with Crippen LogP contribution in [-0.4, -0.2) is 55.7 Å². The Balaban J connectivity index is 2.02. The quantitative estimate of drug-likeness (QED) is 0.898. The van der Waals surface area contributed by atoms with E-state index >= 15 is 0 Å². The van der Waals surface area contributed by atoms with E-state index < -0.39 is 0 Å². The maximum Gasteiger partial charge on any atom is 0.267 e. The number of thiazole rings is 1. The van der Waals surface area contributed by atoms with Gasteiger partial charge in [-0.25, -0.2) is 4.98 Å². The molecule has 1 fully saturated rings. The summed E-state index contributed by atoms with van der Waals surface area (Å²) in [6.45, 7) is 4.26. The molecule has 0 radical (unpaired) electrons. The van der Waals surface area contributed by atoms with Gasteiger partial charge in [-0.15, -0.1) is 0 Å². The van der Waals surface area contributed by atoms with Crippen molar-refractivity contribution in [2.75, 3.05) is 44.4 Å². The summed E-state index contributed by atoms with van der Waals surface area (Å²) >= 11 is 1.35. The van der Waals surface area contributed by atoms with Crippen molar-refractivity contribution in [1.82, 2.24) is 9.88 Å². The molecular formula is C14H24N4O2S. The van der Waals surface area contributed by atoms with Gasteiger partial charge in [0.05, 0.1) is 6.10 Å². The fraction of sp³-hybridized carbons (Fsp3) is 0.714. The van der Waals surface area contributed by atoms with Crippen LogP contribution in [0.5, 0.6) is 0 Å². The normalized spacial score (nSPS) is 18.5. The van der Waals surface area contributed by atoms with Gasteiger partial charge in [-0.05, 0) is 26.2 Å². The number of likely N-dealkylation sites (N-methyl/N-ethyl adjacent to an activating group) is 1. The number of aromatic nitrogens is 1. The van der Waals surface area contributed by atoms with Crippen LogP contribution in [0.25, 0.3) is 0 Å². The van der Waals surface area contributed by atoms with Crippen LogP contribution in [0.4, 0.5) is 10.9 Å². The zero-order valence-corrected chi connectivity index (χ0v) is 13.8. The standard InChI is InChI=1S/C14H24N4O2S/c1-4-17(2)14-16-12(15)11(21-14)13(19)18(3)9-10-7-5-6-8-20-10/h10H,4-9,15H2,1-3H3. The molecule has 2 heterocycles. The summed E-state index contributed by atoms with van der Waals surface area (Å²) in [5, 5.41) is 0.778. The number of amides is 1. The van der Waals surface area contributed by atoms with Crippen LogP contribution >= 0.6 is 11.3 Å². The van der Waals surface area contributed by atoms with Crippen molar-refractivity contribution in [2.45, 2.75) is 32.3 Å². The minimum absolute atomic E-state index is 0.0741. The Morgan fingerprint density at radius 3 is 2.86 bits per heavy atom. The number of anilines is 2. The van der Waals surface area contributed by atoms with Crippen molar-refractivity contribution in [1.29, 1.82) is 0 Å². The third-order valence-electron chi connectivity index (χ3n) is 3.74. The molecule has 0 bridgehead atoms. The second-order valence-corrected chi connectivity index (χ2v) is 6.38. The maximum atomic E-state index is 12.5. The van der Waals surface area contributed by atoms with Gasteiger partial charge in [-0.3, -0.25) is 4.79 Å². The first kappa shape index (κ1) is 16.0. The number of nitrogens with two attached hydrogens (primary N) is 1. The summed E-state index contributed by atoms with van der Waals surface area (Å²) in [4.78, 5) is 21.0. The van der Waals surface area contributed by atoms with Crippen molar-refractivity contribution in [2.24, 2.45) is 0 Å². The minimum atomic E-state index is -0.0741. The lowest BCUT2D eigenvalue weighted by atomic mass is 10.1. The van der Waals surface area contributed by atoms with E-state index in [-0.39, 0.29) is 12.0 Å². The van der Waals surface area contributed by atoms with E-state index in [0.717, 1.165) is 31.1 Å². The average Bonchev–Trinajstić information content (AvgIpc) is 2.88. The van der Waals surface area contributed by atoms with Gasteiger partial charge in [0.25, 0.3) is 5.91 Å². The first-order chi connectivity index (χ1) is 10.0. The highest BCUT2D eigenvalue weighted by Crippen LogP contribution is 2.28. The highest BCUT2D eigenvalue weighted by Gasteiger charge is 2.24. The van der Waals surface area contributed by atoms with Crippen molar-refractivity contribution >= 4 is 28.2 Å². The third kappa shape index (κ3) is 3.85. The summed E-state index contributed by atoms with van der Waals surface area (Å²) in [5.74, 6) is 0.242. The smallest absolute Gasteiger partial charge is 0.267 e. The molecule has 2 N–H and O–H groups in total. The van der Waals surface area contributed by atoms with Crippen LogP contribution in [0.1, 0.15) is 35.9 Å². The van der Waals surface area contributed by atoms with E-state index in [1.165, 1.54) is 17.8 Å². The molecule has 2 rings (SSSR count). The molecular weight excluding hydrogens is 288 g/mol. The number of ether oxygens (including phenoxy) is 1. The predicted molar refractivity (Wildman–Crippen MR) is 86.0 cm³/mol. The van der Waals surface area contributed by atoms with Gasteiger partial charge >= 0.3 is 0 Å². The largest absolute Gasteiger partial charge is 0.382 e. The minimum Gasteiger partial charge on any atom is -0.382 e. The van der Waals surface area contributed by atoms with Gasteiger partial charge in [0.15, 0.2) is 5.13 Å². The van der Waals surface area contributed by atoms with Crippen molar-refractivity contribution in [3.8, 4) is 0 Å². The average molecular weight is 312 g/mol. The lowest BCUT2D eigenvalue weighted by molar-refractivity contribution is -0.0000881. The number of hydrogen-bond donors (Lipinski definition) is 1. The number of carbonyl (C=O) groups is 1. The van der Waals surface area contributed by atoms with E-state index in [1.807, 2.05) is 18.9 Å². The van der Waals surface area contributed by atoms with Gasteiger partial charge in [0.1, 0.15) is 10.7 Å². The van der Waals surface area contributed by atoms with Crippen molar-refractivity contribution in [3.05, 3.63) is 4.88 Å². The molecule has 1 amide bonds. The molecule has 0 aliphatic carbocycles. The van der Waals surface area contributed by atoms with Crippen molar-refractivity contribution in [3.63, 3.8) is 0 Å². The highest BCUT2D eigenvalue weighted by molar-refractivity contribution is 7.18. The van der Waals surface area contributed by atoms with Gasteiger partial charge in [-0.2, -0.15) is 0 Å². The van der Waals surface area contributed by atoms with Gasteiger partial charge in [0.2, 0.25) is 0 Å². The maximum absolute atomic E-state index is 12.5. The monoisotopic (exact) mass is 312 g/mol. The lowest BCUT2D eigenvalue weighted by Gasteiger charge is -2.27. The number of hydrogen-bond acceptors (Lipinski definition) is 6. The Hall–Kier alpha value is -1.34. The van der Waals surface area contributed by atoms with Crippen LogP contribution in [0.2, 0.25) is 0 Å². The fourth-order valence-electron chi connectivity index (χ4n) is 2.29. The number of rotatable bonds is 5. The van der Waals surface area contributed by atoms with Crippen LogP contribution < -0.4 is 10.6 Å². The Morgan fingerprint density at radius 1 is 1.48 bits per heavy atom. The zero-order chi connectivity index (χ0) is 15.4. The van der Waals surface area contributed by atoms with Crippen LogP contribution in [-0.2, 0) is 4.74 Å². The zero-order valence-electron chi connectivity index (χ0n) is 13.0. The molecule has 6 nitrogen and oxygen atoms in total. The summed E-state index contributed by atoms with van der Waals surface area (Å²) in [7, 11) is 3.73. The van der Waals surface area contributed by atoms with Crippen LogP contribution in [0.15, 0.2) is 0 Å². The van der Waals surface area contributed by atoms with E-state index in [2.05, 4.69) is 4.98 Å². The summed E-state index contributed by atoms with van der Waals surface area (Å²) < 4.78 is 5.68. The van der Waals surface area contributed by atoms with Crippen LogP contribution in [0.3, 0.4) is 0 Å². The Labute approximate surface area is 129 Å². The number of nitrogens with zero attached hydrogens (tertiary/aromatic N) is 3. The molecule has 0 saturated carbocycles. The van der Waals surface area contributed by atoms with Crippen molar-refractivity contribution < 1.29 is 9.53 Å². The molecule has 1 aliphatic rings. The molecule has 1 saturated heterocycles. The Bertz CT molecular complexity index is 485. The summed E-state index contributed by atoms with van der Waals surface area (Å²) in [6, 6.07) is 0. The number of nitrogen functional groups attached to an aromatic ring is 1. The molecule has 1 aliphatic heterocycles.